The van der Waals surface area contributed by atoms with Gasteiger partial charge in [-0.1, -0.05) is 30.1 Å². The van der Waals surface area contributed by atoms with E-state index in [2.05, 4.69) is 4.99 Å². The Kier molecular flexibility index (Phi) is 2.42. The Hall–Kier alpha value is 0.0500. The fourth-order valence-corrected chi connectivity index (χ4v) is 0.936. The highest BCUT2D eigenvalue weighted by Gasteiger charge is 2.32. The zero-order chi connectivity index (χ0) is 7.61. The molecule has 4 heteroatoms. The smallest absolute Gasteiger partial charge is 0.220 e. The Morgan fingerprint density at radius 2 is 2.40 bits per heavy atom. The molecule has 1 rings (SSSR count). The highest BCUT2D eigenvalue weighted by atomic mass is 35.5. The van der Waals surface area contributed by atoms with Crippen molar-refractivity contribution >= 4 is 29.1 Å². The maximum absolute atomic E-state index is 5.84. The van der Waals surface area contributed by atoms with Crippen molar-refractivity contribution < 1.29 is 4.74 Å². The van der Waals surface area contributed by atoms with Gasteiger partial charge in [-0.3, -0.25) is 0 Å². The van der Waals surface area contributed by atoms with E-state index < -0.39 is 4.33 Å². The van der Waals surface area contributed by atoms with Gasteiger partial charge >= 0.3 is 0 Å². The van der Waals surface area contributed by atoms with Gasteiger partial charge < -0.3 is 4.74 Å². The van der Waals surface area contributed by atoms with Crippen LogP contribution in [0.15, 0.2) is 4.99 Å². The zero-order valence-electron chi connectivity index (χ0n) is 5.73. The molecule has 0 aliphatic carbocycles. The van der Waals surface area contributed by atoms with Crippen LogP contribution in [0.2, 0.25) is 0 Å². The molecule has 0 aromatic carbocycles. The van der Waals surface area contributed by atoms with Crippen LogP contribution < -0.4 is 0 Å². The molecular weight excluding hydrogens is 173 g/mol. The average Bonchev–Trinajstić information content (AvgIpc) is 2.38. The lowest BCUT2D eigenvalue weighted by Gasteiger charge is -2.15. The van der Waals surface area contributed by atoms with E-state index in [-0.39, 0.29) is 0 Å². The van der Waals surface area contributed by atoms with Gasteiger partial charge in [0.1, 0.15) is 6.61 Å². The maximum atomic E-state index is 5.84. The second kappa shape index (κ2) is 2.97. The SMILES string of the molecule is CCC(Cl)(Cl)C1=NCCO1. The Bertz CT molecular complexity index is 156. The first kappa shape index (κ1) is 8.15. The van der Waals surface area contributed by atoms with Crippen LogP contribution in [-0.4, -0.2) is 23.4 Å². The Morgan fingerprint density at radius 1 is 1.70 bits per heavy atom. The molecule has 0 radical (unpaired) electrons. The van der Waals surface area contributed by atoms with Crippen LogP contribution >= 0.6 is 23.2 Å². The van der Waals surface area contributed by atoms with Crippen LogP contribution in [-0.2, 0) is 4.74 Å². The standard InChI is InChI=1S/C6H9Cl2NO/c1-2-6(7,8)5-9-3-4-10-5/h2-4H2,1H3. The molecule has 0 amide bonds. The van der Waals surface area contributed by atoms with Crippen LogP contribution in [0.1, 0.15) is 13.3 Å². The van der Waals surface area contributed by atoms with Gasteiger partial charge in [0.2, 0.25) is 5.90 Å². The zero-order valence-corrected chi connectivity index (χ0v) is 7.24. The first-order chi connectivity index (χ1) is 4.67. The minimum Gasteiger partial charge on any atom is -0.477 e. The number of alkyl halides is 2. The van der Waals surface area contributed by atoms with E-state index in [9.17, 15) is 0 Å². The fraction of sp³-hybridized carbons (Fsp3) is 0.833. The molecule has 2 nitrogen and oxygen atoms in total. The van der Waals surface area contributed by atoms with Crippen LogP contribution in [0.25, 0.3) is 0 Å². The number of halogens is 2. The number of hydrogen-bond acceptors (Lipinski definition) is 2. The quantitative estimate of drug-likeness (QED) is 0.598. The summed E-state index contributed by atoms with van der Waals surface area (Å²) in [6.07, 6.45) is 0.620. The van der Waals surface area contributed by atoms with E-state index >= 15 is 0 Å². The topological polar surface area (TPSA) is 21.6 Å². The van der Waals surface area contributed by atoms with Gasteiger partial charge in [-0.15, -0.1) is 0 Å². The van der Waals surface area contributed by atoms with Crippen molar-refractivity contribution in [2.45, 2.75) is 17.7 Å². The van der Waals surface area contributed by atoms with Crippen molar-refractivity contribution in [3.05, 3.63) is 0 Å². The molecule has 0 atom stereocenters. The number of hydrogen-bond donors (Lipinski definition) is 0. The number of rotatable bonds is 2. The summed E-state index contributed by atoms with van der Waals surface area (Å²) in [4.78, 5) is 4.01. The van der Waals surface area contributed by atoms with E-state index in [0.717, 1.165) is 0 Å². The van der Waals surface area contributed by atoms with Gasteiger partial charge in [0.25, 0.3) is 0 Å². The molecule has 58 valence electrons. The van der Waals surface area contributed by atoms with Crippen molar-refractivity contribution in [3.8, 4) is 0 Å². The molecule has 1 aliphatic rings. The van der Waals surface area contributed by atoms with E-state index in [4.69, 9.17) is 27.9 Å². The van der Waals surface area contributed by atoms with Gasteiger partial charge in [0, 0.05) is 0 Å². The molecule has 10 heavy (non-hydrogen) atoms. The molecule has 0 N–H and O–H groups in total. The highest BCUT2D eigenvalue weighted by Crippen LogP contribution is 2.28. The molecule has 0 aromatic heterocycles. The minimum absolute atomic E-state index is 0.471. The van der Waals surface area contributed by atoms with E-state index in [1.165, 1.54) is 0 Å². The molecule has 0 spiro atoms. The number of nitrogens with zero attached hydrogens (tertiary/aromatic N) is 1. The average molecular weight is 182 g/mol. The summed E-state index contributed by atoms with van der Waals surface area (Å²) >= 11 is 11.7. The molecular formula is C6H9Cl2NO. The summed E-state index contributed by atoms with van der Waals surface area (Å²) in [7, 11) is 0. The molecule has 0 saturated carbocycles. The Labute approximate surface area is 70.2 Å². The normalized spacial score (nSPS) is 18.5. The molecule has 1 heterocycles. The van der Waals surface area contributed by atoms with Gasteiger partial charge in [0.05, 0.1) is 6.54 Å². The molecule has 0 aromatic rings. The molecule has 0 bridgehead atoms. The van der Waals surface area contributed by atoms with Crippen molar-refractivity contribution in [3.63, 3.8) is 0 Å². The second-order valence-electron chi connectivity index (χ2n) is 2.09. The lowest BCUT2D eigenvalue weighted by molar-refractivity contribution is 0.335. The summed E-state index contributed by atoms with van der Waals surface area (Å²) < 4.78 is 4.19. The lowest BCUT2D eigenvalue weighted by atomic mass is 10.3. The molecule has 0 saturated heterocycles. The van der Waals surface area contributed by atoms with E-state index in [1.54, 1.807) is 0 Å². The van der Waals surface area contributed by atoms with Crippen LogP contribution in [0.4, 0.5) is 0 Å². The van der Waals surface area contributed by atoms with Crippen LogP contribution in [0.5, 0.6) is 0 Å². The molecule has 1 aliphatic heterocycles. The monoisotopic (exact) mass is 181 g/mol. The summed E-state index contributed by atoms with van der Waals surface area (Å²) in [5.41, 5.74) is 0. The Morgan fingerprint density at radius 3 is 2.80 bits per heavy atom. The third kappa shape index (κ3) is 1.55. The van der Waals surface area contributed by atoms with Crippen molar-refractivity contribution in [2.24, 2.45) is 4.99 Å². The minimum atomic E-state index is -0.906. The summed E-state index contributed by atoms with van der Waals surface area (Å²) in [6.45, 7) is 3.18. The third-order valence-corrected chi connectivity index (χ3v) is 2.20. The lowest BCUT2D eigenvalue weighted by Crippen LogP contribution is -2.25. The number of ether oxygens (including phenoxy) is 1. The second-order valence-corrected chi connectivity index (χ2v) is 3.58. The fourth-order valence-electron chi connectivity index (χ4n) is 0.708. The first-order valence-electron chi connectivity index (χ1n) is 3.22. The predicted octanol–water partition coefficient (Wildman–Crippen LogP) is 2.00. The molecule has 0 unspecified atom stereocenters. The number of aliphatic imine (C=N–C) groups is 1. The maximum Gasteiger partial charge on any atom is 0.220 e. The van der Waals surface area contributed by atoms with Crippen molar-refractivity contribution in [1.82, 2.24) is 0 Å². The third-order valence-electron chi connectivity index (χ3n) is 1.34. The van der Waals surface area contributed by atoms with Gasteiger partial charge in [-0.2, -0.15) is 0 Å². The molecule has 0 fully saturated rings. The highest BCUT2D eigenvalue weighted by molar-refractivity contribution is 6.58. The van der Waals surface area contributed by atoms with Gasteiger partial charge in [0.15, 0.2) is 4.33 Å². The van der Waals surface area contributed by atoms with Crippen molar-refractivity contribution in [2.75, 3.05) is 13.2 Å². The van der Waals surface area contributed by atoms with E-state index in [1.807, 2.05) is 6.92 Å². The van der Waals surface area contributed by atoms with E-state index in [0.29, 0.717) is 25.5 Å². The summed E-state index contributed by atoms with van der Waals surface area (Å²) in [5, 5.41) is 0. The van der Waals surface area contributed by atoms with Crippen molar-refractivity contribution in [1.29, 1.82) is 0 Å². The van der Waals surface area contributed by atoms with Crippen LogP contribution in [0, 0.1) is 0 Å². The predicted molar refractivity (Wildman–Crippen MR) is 43.0 cm³/mol. The largest absolute Gasteiger partial charge is 0.477 e. The van der Waals surface area contributed by atoms with Gasteiger partial charge in [-0.05, 0) is 6.42 Å². The first-order valence-corrected chi connectivity index (χ1v) is 3.98. The van der Waals surface area contributed by atoms with Gasteiger partial charge in [-0.25, -0.2) is 4.99 Å². The Balaban J connectivity index is 2.62. The summed E-state index contributed by atoms with van der Waals surface area (Å²) in [5.74, 6) is 0.471. The van der Waals surface area contributed by atoms with Crippen LogP contribution in [0.3, 0.4) is 0 Å². The summed E-state index contributed by atoms with van der Waals surface area (Å²) in [6, 6.07) is 0.